The summed E-state index contributed by atoms with van der Waals surface area (Å²) in [6.45, 7) is 0. The molecule has 1 saturated heterocycles. The number of hydrogen-bond acceptors (Lipinski definition) is 4. The van der Waals surface area contributed by atoms with E-state index in [0.29, 0.717) is 25.7 Å². The second kappa shape index (κ2) is 7.27. The molecule has 0 aromatic heterocycles. The van der Waals surface area contributed by atoms with Gasteiger partial charge in [-0.05, 0) is 48.8 Å². The number of fused-ring (bicyclic) bond motifs is 1. The summed E-state index contributed by atoms with van der Waals surface area (Å²) < 4.78 is 0. The van der Waals surface area contributed by atoms with Gasteiger partial charge in [0.25, 0.3) is 0 Å². The molecule has 1 aromatic rings. The maximum absolute atomic E-state index is 12.3. The van der Waals surface area contributed by atoms with E-state index < -0.39 is 5.54 Å². The first-order chi connectivity index (χ1) is 11.6. The van der Waals surface area contributed by atoms with E-state index in [9.17, 15) is 14.9 Å². The minimum atomic E-state index is -0.718. The Morgan fingerprint density at radius 2 is 2.12 bits per heavy atom. The lowest BCUT2D eigenvalue weighted by molar-refractivity contribution is -0.123. The van der Waals surface area contributed by atoms with Crippen molar-refractivity contribution >= 4 is 29.3 Å². The number of anilines is 1. The molecule has 1 aromatic carbocycles. The minimum absolute atomic E-state index is 0.0226. The van der Waals surface area contributed by atoms with Crippen LogP contribution >= 0.6 is 11.8 Å². The molecule has 2 aliphatic rings. The van der Waals surface area contributed by atoms with Crippen LogP contribution in [-0.2, 0) is 16.0 Å². The van der Waals surface area contributed by atoms with Crippen LogP contribution in [0.5, 0.6) is 0 Å². The summed E-state index contributed by atoms with van der Waals surface area (Å²) in [5.74, 6) is 1.46. The first kappa shape index (κ1) is 16.8. The van der Waals surface area contributed by atoms with Gasteiger partial charge in [-0.2, -0.15) is 17.0 Å². The van der Waals surface area contributed by atoms with Gasteiger partial charge in [0, 0.05) is 18.0 Å². The molecule has 126 valence electrons. The van der Waals surface area contributed by atoms with Crippen LogP contribution in [0.2, 0.25) is 0 Å². The molecule has 0 saturated carbocycles. The van der Waals surface area contributed by atoms with Gasteiger partial charge in [-0.3, -0.25) is 9.59 Å². The Hall–Kier alpha value is -2.00. The number of carbonyl (C=O) groups is 2. The summed E-state index contributed by atoms with van der Waals surface area (Å²) in [5, 5.41) is 15.2. The molecule has 1 fully saturated rings. The number of hydrogen-bond donors (Lipinski definition) is 2. The van der Waals surface area contributed by atoms with Crippen LogP contribution in [0, 0.1) is 17.2 Å². The standard InChI is InChI=1S/C18H21N3O2S/c19-12-18(7-9-24-10-8-18)21-16(22)6-5-14-11-13-3-1-2-4-15(13)20-17(14)23/h1-4,14H,5-11H2,(H,20,23)(H,21,22). The average Bonchev–Trinajstić information content (AvgIpc) is 2.60. The Morgan fingerprint density at radius 1 is 1.38 bits per heavy atom. The van der Waals surface area contributed by atoms with Crippen molar-refractivity contribution in [2.75, 3.05) is 16.8 Å². The average molecular weight is 343 g/mol. The fourth-order valence-electron chi connectivity index (χ4n) is 3.27. The number of amides is 2. The van der Waals surface area contributed by atoms with Crippen LogP contribution in [-0.4, -0.2) is 28.9 Å². The van der Waals surface area contributed by atoms with E-state index in [-0.39, 0.29) is 24.2 Å². The third kappa shape index (κ3) is 3.73. The summed E-state index contributed by atoms with van der Waals surface area (Å²) in [5.41, 5.74) is 1.26. The number of benzene rings is 1. The minimum Gasteiger partial charge on any atom is -0.338 e. The van der Waals surface area contributed by atoms with Gasteiger partial charge in [-0.25, -0.2) is 0 Å². The molecule has 1 unspecified atom stereocenters. The number of para-hydroxylation sites is 1. The van der Waals surface area contributed by atoms with E-state index in [1.165, 1.54) is 0 Å². The molecule has 5 nitrogen and oxygen atoms in total. The summed E-state index contributed by atoms with van der Waals surface area (Å²) in [6.07, 6.45) is 2.82. The maximum atomic E-state index is 12.3. The van der Waals surface area contributed by atoms with Gasteiger partial charge >= 0.3 is 0 Å². The number of thioether (sulfide) groups is 1. The Labute approximate surface area is 146 Å². The van der Waals surface area contributed by atoms with E-state index in [4.69, 9.17) is 0 Å². The highest BCUT2D eigenvalue weighted by atomic mass is 32.2. The van der Waals surface area contributed by atoms with Gasteiger partial charge < -0.3 is 10.6 Å². The predicted octanol–water partition coefficient (Wildman–Crippen LogP) is 2.48. The first-order valence-corrected chi connectivity index (χ1v) is 9.46. The number of carbonyl (C=O) groups excluding carboxylic acids is 2. The highest BCUT2D eigenvalue weighted by Gasteiger charge is 2.34. The lowest BCUT2D eigenvalue weighted by Gasteiger charge is -2.31. The molecule has 6 heteroatoms. The smallest absolute Gasteiger partial charge is 0.227 e. The summed E-state index contributed by atoms with van der Waals surface area (Å²) >= 11 is 1.81. The van der Waals surface area contributed by atoms with Gasteiger partial charge in [-0.1, -0.05) is 18.2 Å². The van der Waals surface area contributed by atoms with Crippen molar-refractivity contribution in [3.63, 3.8) is 0 Å². The molecular weight excluding hydrogens is 322 g/mol. The summed E-state index contributed by atoms with van der Waals surface area (Å²) in [4.78, 5) is 24.5. The van der Waals surface area contributed by atoms with Gasteiger partial charge in [0.2, 0.25) is 11.8 Å². The lowest BCUT2D eigenvalue weighted by Crippen LogP contribution is -2.49. The second-order valence-electron chi connectivity index (χ2n) is 6.44. The highest BCUT2D eigenvalue weighted by molar-refractivity contribution is 7.99. The number of nitriles is 1. The Bertz CT molecular complexity index is 677. The molecule has 2 aliphatic heterocycles. The fraction of sp³-hybridized carbons (Fsp3) is 0.500. The maximum Gasteiger partial charge on any atom is 0.227 e. The topological polar surface area (TPSA) is 82.0 Å². The Balaban J connectivity index is 1.55. The second-order valence-corrected chi connectivity index (χ2v) is 7.67. The van der Waals surface area contributed by atoms with E-state index in [2.05, 4.69) is 16.7 Å². The molecule has 2 heterocycles. The number of nitrogens with one attached hydrogen (secondary N) is 2. The van der Waals surface area contributed by atoms with Crippen molar-refractivity contribution < 1.29 is 9.59 Å². The van der Waals surface area contributed by atoms with E-state index in [0.717, 1.165) is 22.8 Å². The summed E-state index contributed by atoms with van der Waals surface area (Å²) in [7, 11) is 0. The molecule has 1 atom stereocenters. The normalized spacial score (nSPS) is 22.0. The van der Waals surface area contributed by atoms with Crippen LogP contribution in [0.15, 0.2) is 24.3 Å². The molecular formula is C18H21N3O2S. The zero-order chi connectivity index (χ0) is 17.0. The quantitative estimate of drug-likeness (QED) is 0.880. The number of nitrogens with zero attached hydrogens (tertiary/aromatic N) is 1. The third-order valence-electron chi connectivity index (χ3n) is 4.77. The Morgan fingerprint density at radius 3 is 2.88 bits per heavy atom. The monoisotopic (exact) mass is 343 g/mol. The highest BCUT2D eigenvalue weighted by Crippen LogP contribution is 2.29. The van der Waals surface area contributed by atoms with Gasteiger partial charge in [-0.15, -0.1) is 0 Å². The van der Waals surface area contributed by atoms with Crippen LogP contribution < -0.4 is 10.6 Å². The van der Waals surface area contributed by atoms with Gasteiger partial charge in [0.1, 0.15) is 5.54 Å². The molecule has 0 aliphatic carbocycles. The fourth-order valence-corrected chi connectivity index (χ4v) is 4.46. The SMILES string of the molecule is N#CC1(NC(=O)CCC2Cc3ccccc3NC2=O)CCSCC1. The van der Waals surface area contributed by atoms with Crippen LogP contribution in [0.4, 0.5) is 5.69 Å². The molecule has 0 bridgehead atoms. The van der Waals surface area contributed by atoms with Crippen molar-refractivity contribution in [3.8, 4) is 6.07 Å². The predicted molar refractivity (Wildman–Crippen MR) is 94.5 cm³/mol. The third-order valence-corrected chi connectivity index (χ3v) is 5.76. The van der Waals surface area contributed by atoms with Crippen molar-refractivity contribution in [1.29, 1.82) is 5.26 Å². The first-order valence-electron chi connectivity index (χ1n) is 8.31. The zero-order valence-corrected chi connectivity index (χ0v) is 14.3. The van der Waals surface area contributed by atoms with E-state index in [1.54, 1.807) is 0 Å². The number of rotatable bonds is 4. The van der Waals surface area contributed by atoms with E-state index >= 15 is 0 Å². The van der Waals surface area contributed by atoms with Gasteiger partial charge in [0.15, 0.2) is 0 Å². The Kier molecular flexibility index (Phi) is 5.10. The van der Waals surface area contributed by atoms with Crippen molar-refractivity contribution in [3.05, 3.63) is 29.8 Å². The van der Waals surface area contributed by atoms with Crippen LogP contribution in [0.25, 0.3) is 0 Å². The lowest BCUT2D eigenvalue weighted by atomic mass is 9.89. The molecule has 0 spiro atoms. The summed E-state index contributed by atoms with van der Waals surface area (Å²) in [6, 6.07) is 10.0. The van der Waals surface area contributed by atoms with Crippen molar-refractivity contribution in [2.24, 2.45) is 5.92 Å². The zero-order valence-electron chi connectivity index (χ0n) is 13.5. The van der Waals surface area contributed by atoms with Crippen molar-refractivity contribution in [2.45, 2.75) is 37.6 Å². The van der Waals surface area contributed by atoms with Crippen LogP contribution in [0.1, 0.15) is 31.2 Å². The molecule has 2 N–H and O–H groups in total. The van der Waals surface area contributed by atoms with Crippen molar-refractivity contribution in [1.82, 2.24) is 5.32 Å². The molecule has 0 radical (unpaired) electrons. The molecule has 24 heavy (non-hydrogen) atoms. The molecule has 3 rings (SSSR count). The molecule has 2 amide bonds. The van der Waals surface area contributed by atoms with Crippen LogP contribution in [0.3, 0.4) is 0 Å². The largest absolute Gasteiger partial charge is 0.338 e. The van der Waals surface area contributed by atoms with E-state index in [1.807, 2.05) is 36.0 Å². The van der Waals surface area contributed by atoms with Gasteiger partial charge in [0.05, 0.1) is 6.07 Å².